The average Bonchev–Trinajstić information content (AvgIpc) is 3.63. The summed E-state index contributed by atoms with van der Waals surface area (Å²) >= 11 is 0. The van der Waals surface area contributed by atoms with Crippen molar-refractivity contribution in [3.63, 3.8) is 0 Å². The summed E-state index contributed by atoms with van der Waals surface area (Å²) < 4.78 is 17.7. The Morgan fingerprint density at radius 2 is 1.84 bits per heavy atom. The Morgan fingerprint density at radius 1 is 1.00 bits per heavy atom. The van der Waals surface area contributed by atoms with Crippen LogP contribution in [0.15, 0.2) is 77.5 Å². The molecule has 0 unspecified atom stereocenters. The highest BCUT2D eigenvalue weighted by Crippen LogP contribution is 2.28. The minimum absolute atomic E-state index is 0.279. The normalized spacial score (nSPS) is 10.9. The zero-order valence-corrected chi connectivity index (χ0v) is 20.5. The topological polar surface area (TPSA) is 116 Å². The van der Waals surface area contributed by atoms with Gasteiger partial charge in [-0.05, 0) is 41.8 Å². The van der Waals surface area contributed by atoms with Crippen molar-refractivity contribution >= 4 is 17.5 Å². The number of hydrogen-bond acceptors (Lipinski definition) is 8. The van der Waals surface area contributed by atoms with Crippen molar-refractivity contribution in [1.29, 1.82) is 0 Å². The summed E-state index contributed by atoms with van der Waals surface area (Å²) in [5.41, 5.74) is 2.77. The number of nitrogens with zero attached hydrogens (tertiary/aromatic N) is 4. The molecule has 3 aromatic heterocycles. The number of carbonyl (C=O) groups is 1. The monoisotopic (exact) mass is 498 g/mol. The van der Waals surface area contributed by atoms with Gasteiger partial charge in [0.2, 0.25) is 11.8 Å². The molecule has 0 radical (unpaired) electrons. The maximum atomic E-state index is 13.1. The maximum Gasteiger partial charge on any atom is 0.256 e. The number of carbonyl (C=O) groups excluding carboxylic acids is 1. The van der Waals surface area contributed by atoms with Crippen molar-refractivity contribution in [3.05, 3.63) is 89.8 Å². The predicted molar refractivity (Wildman–Crippen MR) is 138 cm³/mol. The van der Waals surface area contributed by atoms with E-state index in [0.29, 0.717) is 59.8 Å². The summed E-state index contributed by atoms with van der Waals surface area (Å²) in [6.07, 6.45) is 3.77. The van der Waals surface area contributed by atoms with Gasteiger partial charge in [0.05, 0.1) is 20.5 Å². The second-order valence-electron chi connectivity index (χ2n) is 8.18. The standard InChI is InChI=1S/C27H26N6O4/c1-35-21-11-10-19(15-23(21)36-2)16-29-27-30-17-20(26(34)28-13-12-18-7-4-3-5-8-18)25-31-24(32-33(25)27)22-9-6-14-37-22/h3-11,14-15,17H,12-13,16H2,1-2H3,(H,28,34)(H,29,30). The molecule has 0 aliphatic carbocycles. The van der Waals surface area contributed by atoms with Crippen molar-refractivity contribution in [3.8, 4) is 23.1 Å². The number of rotatable bonds is 10. The molecular formula is C27H26N6O4. The Kier molecular flexibility index (Phi) is 6.98. The van der Waals surface area contributed by atoms with Crippen LogP contribution in [-0.4, -0.2) is 46.3 Å². The SMILES string of the molecule is COc1ccc(CNc2ncc(C(=O)NCCc3ccccc3)c3nc(-c4ccco4)nn23)cc1OC. The highest BCUT2D eigenvalue weighted by Gasteiger charge is 2.20. The van der Waals surface area contributed by atoms with E-state index in [-0.39, 0.29) is 5.91 Å². The van der Waals surface area contributed by atoms with Crippen LogP contribution < -0.4 is 20.1 Å². The van der Waals surface area contributed by atoms with E-state index in [1.54, 1.807) is 32.6 Å². The zero-order valence-electron chi connectivity index (χ0n) is 20.5. The molecule has 0 spiro atoms. The summed E-state index contributed by atoms with van der Waals surface area (Å²) in [6, 6.07) is 19.1. The van der Waals surface area contributed by atoms with Gasteiger partial charge in [0.15, 0.2) is 22.9 Å². The fourth-order valence-electron chi connectivity index (χ4n) is 3.90. The molecule has 2 aromatic carbocycles. The molecule has 1 amide bonds. The van der Waals surface area contributed by atoms with E-state index in [1.165, 1.54) is 10.7 Å². The molecule has 0 saturated carbocycles. The number of aromatic nitrogens is 4. The molecule has 188 valence electrons. The zero-order chi connectivity index (χ0) is 25.6. The Bertz CT molecular complexity index is 1500. The molecule has 0 atom stereocenters. The number of hydrogen-bond donors (Lipinski definition) is 2. The molecule has 0 fully saturated rings. The molecule has 37 heavy (non-hydrogen) atoms. The Morgan fingerprint density at radius 3 is 2.59 bits per heavy atom. The summed E-state index contributed by atoms with van der Waals surface area (Å²) in [7, 11) is 3.19. The highest BCUT2D eigenvalue weighted by molar-refractivity contribution is 5.99. The molecule has 0 aliphatic rings. The lowest BCUT2D eigenvalue weighted by Gasteiger charge is -2.12. The Labute approximate surface area is 213 Å². The van der Waals surface area contributed by atoms with Gasteiger partial charge in [0, 0.05) is 19.3 Å². The predicted octanol–water partition coefficient (Wildman–Crippen LogP) is 3.99. The van der Waals surface area contributed by atoms with E-state index in [1.807, 2.05) is 48.5 Å². The molecule has 2 N–H and O–H groups in total. The van der Waals surface area contributed by atoms with E-state index in [4.69, 9.17) is 13.9 Å². The van der Waals surface area contributed by atoms with Crippen molar-refractivity contribution < 1.29 is 18.7 Å². The summed E-state index contributed by atoms with van der Waals surface area (Å²) in [5.74, 6) is 2.27. The van der Waals surface area contributed by atoms with E-state index in [9.17, 15) is 4.79 Å². The number of methoxy groups -OCH3 is 2. The number of benzene rings is 2. The van der Waals surface area contributed by atoms with Gasteiger partial charge in [-0.25, -0.2) is 9.97 Å². The van der Waals surface area contributed by atoms with Gasteiger partial charge in [-0.2, -0.15) is 4.52 Å². The molecule has 5 rings (SSSR count). The summed E-state index contributed by atoms with van der Waals surface area (Å²) in [5, 5.41) is 10.8. The summed E-state index contributed by atoms with van der Waals surface area (Å²) in [6.45, 7) is 0.911. The van der Waals surface area contributed by atoms with Gasteiger partial charge in [0.25, 0.3) is 5.91 Å². The van der Waals surface area contributed by atoms with Crippen LogP contribution >= 0.6 is 0 Å². The van der Waals surface area contributed by atoms with Gasteiger partial charge in [0.1, 0.15) is 5.56 Å². The first-order valence-corrected chi connectivity index (χ1v) is 11.7. The lowest BCUT2D eigenvalue weighted by molar-refractivity contribution is 0.0955. The third-order valence-electron chi connectivity index (χ3n) is 5.79. The third-order valence-corrected chi connectivity index (χ3v) is 5.79. The van der Waals surface area contributed by atoms with Crippen LogP contribution in [0.4, 0.5) is 5.95 Å². The molecule has 10 nitrogen and oxygen atoms in total. The van der Waals surface area contributed by atoms with Crippen LogP contribution in [0, 0.1) is 0 Å². The second-order valence-corrected chi connectivity index (χ2v) is 8.18. The van der Waals surface area contributed by atoms with Crippen LogP contribution in [0.25, 0.3) is 17.2 Å². The first kappa shape index (κ1) is 23.9. The minimum Gasteiger partial charge on any atom is -0.493 e. The molecular weight excluding hydrogens is 472 g/mol. The van der Waals surface area contributed by atoms with Crippen LogP contribution in [0.5, 0.6) is 11.5 Å². The van der Waals surface area contributed by atoms with Crippen molar-refractivity contribution in [2.45, 2.75) is 13.0 Å². The van der Waals surface area contributed by atoms with Gasteiger partial charge in [-0.3, -0.25) is 4.79 Å². The average molecular weight is 499 g/mol. The summed E-state index contributed by atoms with van der Waals surface area (Å²) in [4.78, 5) is 22.1. The first-order valence-electron chi connectivity index (χ1n) is 11.7. The smallest absolute Gasteiger partial charge is 0.256 e. The molecule has 0 saturated heterocycles. The van der Waals surface area contributed by atoms with E-state index in [0.717, 1.165) is 11.1 Å². The number of fused-ring (bicyclic) bond motifs is 1. The number of nitrogens with one attached hydrogen (secondary N) is 2. The second kappa shape index (κ2) is 10.8. The first-order chi connectivity index (χ1) is 18.2. The molecule has 0 bridgehead atoms. The fourth-order valence-corrected chi connectivity index (χ4v) is 3.90. The molecule has 3 heterocycles. The third kappa shape index (κ3) is 5.22. The van der Waals surface area contributed by atoms with Crippen molar-refractivity contribution in [2.24, 2.45) is 0 Å². The number of ether oxygens (including phenoxy) is 2. The Balaban J connectivity index is 1.40. The van der Waals surface area contributed by atoms with Gasteiger partial charge < -0.3 is 24.5 Å². The fraction of sp³-hybridized carbons (Fsp3) is 0.185. The lowest BCUT2D eigenvalue weighted by atomic mass is 10.1. The van der Waals surface area contributed by atoms with Crippen LogP contribution in [0.3, 0.4) is 0 Å². The quantitative estimate of drug-likeness (QED) is 0.297. The van der Waals surface area contributed by atoms with E-state index in [2.05, 4.69) is 25.7 Å². The van der Waals surface area contributed by atoms with Crippen molar-refractivity contribution in [1.82, 2.24) is 24.9 Å². The van der Waals surface area contributed by atoms with Crippen molar-refractivity contribution in [2.75, 3.05) is 26.1 Å². The Hall–Kier alpha value is -4.86. The minimum atomic E-state index is -0.279. The van der Waals surface area contributed by atoms with Crippen LogP contribution in [0.1, 0.15) is 21.5 Å². The molecule has 0 aliphatic heterocycles. The van der Waals surface area contributed by atoms with Crippen LogP contribution in [0.2, 0.25) is 0 Å². The van der Waals surface area contributed by atoms with Crippen LogP contribution in [-0.2, 0) is 13.0 Å². The number of furan rings is 1. The lowest BCUT2D eigenvalue weighted by Crippen LogP contribution is -2.26. The van der Waals surface area contributed by atoms with Gasteiger partial charge >= 0.3 is 0 Å². The maximum absolute atomic E-state index is 13.1. The van der Waals surface area contributed by atoms with E-state index < -0.39 is 0 Å². The van der Waals surface area contributed by atoms with Gasteiger partial charge in [-0.15, -0.1) is 5.10 Å². The molecule has 5 aromatic rings. The number of amides is 1. The largest absolute Gasteiger partial charge is 0.493 e. The molecule has 10 heteroatoms. The van der Waals surface area contributed by atoms with Gasteiger partial charge in [-0.1, -0.05) is 36.4 Å². The highest BCUT2D eigenvalue weighted by atomic mass is 16.5. The number of anilines is 1. The van der Waals surface area contributed by atoms with E-state index >= 15 is 0 Å².